The molecule has 0 fully saturated rings. The first kappa shape index (κ1) is 10.6. The molecule has 0 aliphatic heterocycles. The Morgan fingerprint density at radius 2 is 1.33 bits per heavy atom. The topological polar surface area (TPSA) is 87.2 Å². The van der Waals surface area contributed by atoms with E-state index < -0.39 is 5.66 Å². The zero-order valence-electron chi connectivity index (χ0n) is 7.83. The third-order valence-corrected chi connectivity index (χ3v) is 2.89. The van der Waals surface area contributed by atoms with Crippen molar-refractivity contribution in [3.05, 3.63) is 9.47 Å². The third kappa shape index (κ3) is 1.67. The molecule has 0 spiro atoms. The van der Waals surface area contributed by atoms with Gasteiger partial charge in [0, 0.05) is 0 Å². The summed E-state index contributed by atoms with van der Waals surface area (Å²) in [6.07, 6.45) is 0. The first-order valence-corrected chi connectivity index (χ1v) is 5.51. The second-order valence-electron chi connectivity index (χ2n) is 3.21. The standard InChI is InChI=1S/C5H6Br2N8/c1-5(2,14-3(6)8-10-12-14)15-4(7)9-11-13-15/h1-2H3. The Balaban J connectivity index is 2.53. The Labute approximate surface area is 101 Å². The molecule has 0 atom stereocenters. The summed E-state index contributed by atoms with van der Waals surface area (Å²) in [5, 5.41) is 22.3. The average molecular weight is 338 g/mol. The van der Waals surface area contributed by atoms with Gasteiger partial charge in [-0.2, -0.15) is 9.36 Å². The summed E-state index contributed by atoms with van der Waals surface area (Å²) < 4.78 is 4.15. The van der Waals surface area contributed by atoms with Crippen LogP contribution in [0.4, 0.5) is 0 Å². The van der Waals surface area contributed by atoms with Crippen LogP contribution in [0.25, 0.3) is 0 Å². The number of aromatic nitrogens is 8. The van der Waals surface area contributed by atoms with Crippen molar-refractivity contribution in [2.75, 3.05) is 0 Å². The zero-order valence-corrected chi connectivity index (χ0v) is 11.0. The highest BCUT2D eigenvalue weighted by Gasteiger charge is 2.30. The van der Waals surface area contributed by atoms with Gasteiger partial charge in [0.2, 0.25) is 9.47 Å². The molecule has 0 N–H and O–H groups in total. The maximum atomic E-state index is 3.86. The Bertz CT molecular complexity index is 431. The third-order valence-electron chi connectivity index (χ3n) is 1.90. The predicted molar refractivity (Wildman–Crippen MR) is 55.8 cm³/mol. The van der Waals surface area contributed by atoms with E-state index in [1.807, 2.05) is 13.8 Å². The molecule has 2 aromatic heterocycles. The van der Waals surface area contributed by atoms with Crippen LogP contribution in [0.2, 0.25) is 0 Å². The van der Waals surface area contributed by atoms with Gasteiger partial charge in [0.15, 0.2) is 5.66 Å². The fraction of sp³-hybridized carbons (Fsp3) is 0.600. The van der Waals surface area contributed by atoms with Crippen molar-refractivity contribution in [3.63, 3.8) is 0 Å². The van der Waals surface area contributed by atoms with Crippen LogP contribution in [0.3, 0.4) is 0 Å². The summed E-state index contributed by atoms with van der Waals surface area (Å²) >= 11 is 6.48. The number of hydrogen-bond acceptors (Lipinski definition) is 6. The van der Waals surface area contributed by atoms with E-state index in [2.05, 4.69) is 62.9 Å². The van der Waals surface area contributed by atoms with E-state index in [-0.39, 0.29) is 0 Å². The van der Waals surface area contributed by atoms with E-state index in [1.165, 1.54) is 0 Å². The van der Waals surface area contributed by atoms with Gasteiger partial charge < -0.3 is 0 Å². The van der Waals surface area contributed by atoms with Crippen LogP contribution in [0.5, 0.6) is 0 Å². The molecular formula is C5H6Br2N8. The van der Waals surface area contributed by atoms with E-state index in [0.717, 1.165) is 0 Å². The maximum Gasteiger partial charge on any atom is 0.220 e. The van der Waals surface area contributed by atoms with Crippen LogP contribution in [0.1, 0.15) is 13.8 Å². The summed E-state index contributed by atoms with van der Waals surface area (Å²) in [5.74, 6) is 0. The molecule has 10 heteroatoms. The SMILES string of the molecule is CC(C)(n1nnnc1Br)n1nnnc1Br. The molecule has 0 aliphatic carbocycles. The lowest BCUT2D eigenvalue weighted by Crippen LogP contribution is -2.37. The fourth-order valence-corrected chi connectivity index (χ4v) is 2.26. The van der Waals surface area contributed by atoms with Crippen LogP contribution in [-0.4, -0.2) is 40.4 Å². The largest absolute Gasteiger partial charge is 0.220 e. The summed E-state index contributed by atoms with van der Waals surface area (Å²) in [4.78, 5) is 0. The van der Waals surface area contributed by atoms with Crippen LogP contribution in [0.15, 0.2) is 9.47 Å². The molecule has 0 aromatic carbocycles. The van der Waals surface area contributed by atoms with Crippen molar-refractivity contribution in [1.82, 2.24) is 40.4 Å². The quantitative estimate of drug-likeness (QED) is 0.789. The molecular weight excluding hydrogens is 332 g/mol. The van der Waals surface area contributed by atoms with Crippen molar-refractivity contribution >= 4 is 31.9 Å². The van der Waals surface area contributed by atoms with Gasteiger partial charge in [-0.25, -0.2) is 0 Å². The minimum atomic E-state index is -0.606. The summed E-state index contributed by atoms with van der Waals surface area (Å²) in [7, 11) is 0. The lowest BCUT2D eigenvalue weighted by molar-refractivity contribution is 0.217. The Hall–Kier alpha value is -0.900. The summed E-state index contributed by atoms with van der Waals surface area (Å²) in [6, 6.07) is 0. The highest BCUT2D eigenvalue weighted by Crippen LogP contribution is 2.22. The fourth-order valence-electron chi connectivity index (χ4n) is 1.11. The van der Waals surface area contributed by atoms with Crippen molar-refractivity contribution in [3.8, 4) is 0 Å². The minimum absolute atomic E-state index is 0.509. The average Bonchev–Trinajstić information content (AvgIpc) is 2.73. The Kier molecular flexibility index (Phi) is 2.54. The van der Waals surface area contributed by atoms with Gasteiger partial charge in [-0.15, -0.1) is 10.2 Å². The number of halogens is 2. The van der Waals surface area contributed by atoms with Gasteiger partial charge in [0.05, 0.1) is 0 Å². The van der Waals surface area contributed by atoms with Crippen molar-refractivity contribution in [1.29, 1.82) is 0 Å². The maximum absolute atomic E-state index is 3.86. The van der Waals surface area contributed by atoms with Gasteiger partial charge in [0.25, 0.3) is 0 Å². The molecule has 0 amide bonds. The van der Waals surface area contributed by atoms with Crippen molar-refractivity contribution in [2.45, 2.75) is 19.5 Å². The van der Waals surface area contributed by atoms with Gasteiger partial charge in [-0.05, 0) is 66.6 Å². The first-order valence-electron chi connectivity index (χ1n) is 3.92. The molecule has 0 aliphatic rings. The van der Waals surface area contributed by atoms with E-state index >= 15 is 0 Å². The summed E-state index contributed by atoms with van der Waals surface area (Å²) in [5.41, 5.74) is -0.606. The van der Waals surface area contributed by atoms with Crippen molar-refractivity contribution < 1.29 is 0 Å². The monoisotopic (exact) mass is 336 g/mol. The zero-order chi connectivity index (χ0) is 11.1. The van der Waals surface area contributed by atoms with Crippen LogP contribution in [0, 0.1) is 0 Å². The van der Waals surface area contributed by atoms with E-state index in [9.17, 15) is 0 Å². The number of nitrogens with zero attached hydrogens (tertiary/aromatic N) is 8. The Morgan fingerprint density at radius 1 is 0.933 bits per heavy atom. The number of rotatable bonds is 2. The Morgan fingerprint density at radius 3 is 1.60 bits per heavy atom. The van der Waals surface area contributed by atoms with E-state index in [1.54, 1.807) is 9.36 Å². The molecule has 2 heterocycles. The number of tetrazole rings is 2. The number of hydrogen-bond donors (Lipinski definition) is 0. The molecule has 0 bridgehead atoms. The van der Waals surface area contributed by atoms with Gasteiger partial charge >= 0.3 is 0 Å². The molecule has 0 radical (unpaired) electrons. The summed E-state index contributed by atoms with van der Waals surface area (Å²) in [6.45, 7) is 3.77. The van der Waals surface area contributed by atoms with Gasteiger partial charge in [-0.3, -0.25) is 0 Å². The van der Waals surface area contributed by atoms with E-state index in [4.69, 9.17) is 0 Å². The van der Waals surface area contributed by atoms with Crippen molar-refractivity contribution in [2.24, 2.45) is 0 Å². The predicted octanol–water partition coefficient (Wildman–Crippen LogP) is 0.425. The lowest BCUT2D eigenvalue weighted by atomic mass is 10.2. The normalized spacial score (nSPS) is 12.0. The molecule has 15 heavy (non-hydrogen) atoms. The lowest BCUT2D eigenvalue weighted by Gasteiger charge is -2.24. The van der Waals surface area contributed by atoms with E-state index in [0.29, 0.717) is 9.47 Å². The van der Waals surface area contributed by atoms with Crippen LogP contribution >= 0.6 is 31.9 Å². The highest BCUT2D eigenvalue weighted by molar-refractivity contribution is 9.10. The highest BCUT2D eigenvalue weighted by atomic mass is 79.9. The molecule has 2 aromatic rings. The molecule has 0 saturated carbocycles. The molecule has 0 unspecified atom stereocenters. The van der Waals surface area contributed by atoms with Gasteiger partial charge in [0.1, 0.15) is 0 Å². The molecule has 2 rings (SSSR count). The molecule has 80 valence electrons. The second kappa shape index (κ2) is 3.59. The molecule has 8 nitrogen and oxygen atoms in total. The van der Waals surface area contributed by atoms with Crippen LogP contribution in [-0.2, 0) is 5.66 Å². The smallest absolute Gasteiger partial charge is 0.192 e. The molecule has 0 saturated heterocycles. The van der Waals surface area contributed by atoms with Crippen LogP contribution < -0.4 is 0 Å². The first-order chi connectivity index (χ1) is 7.03. The second-order valence-corrected chi connectivity index (χ2v) is 4.63. The minimum Gasteiger partial charge on any atom is -0.192 e. The van der Waals surface area contributed by atoms with Gasteiger partial charge in [-0.1, -0.05) is 0 Å².